The molecule has 0 fully saturated rings. The monoisotopic (exact) mass is 461 g/mol. The fourth-order valence-corrected chi connectivity index (χ4v) is 0. The van der Waals surface area contributed by atoms with Crippen LogP contribution in [-0.4, -0.2) is 58.6 Å². The van der Waals surface area contributed by atoms with Gasteiger partial charge in [-0.2, -0.15) is 0 Å². The van der Waals surface area contributed by atoms with Gasteiger partial charge >= 0.3 is 40.0 Å². The van der Waals surface area contributed by atoms with E-state index in [0.717, 1.165) is 0 Å². The normalized spacial score (nSPS) is 1.40. The first-order chi connectivity index (χ1) is 2.00. The minimum atomic E-state index is 0. The molecule has 0 heterocycles. The third-order valence-electron chi connectivity index (χ3n) is 0. The van der Waals surface area contributed by atoms with Crippen LogP contribution in [0.1, 0.15) is 0 Å². The maximum atomic E-state index is 8.36. The van der Waals surface area contributed by atoms with Crippen molar-refractivity contribution < 1.29 is 7.52 Å². The molecule has 0 aliphatic rings. The van der Waals surface area contributed by atoms with Crippen molar-refractivity contribution in [3.8, 4) is 0 Å². The van der Waals surface area contributed by atoms with Crippen LogP contribution >= 0.6 is 0 Å². The Labute approximate surface area is 65.5 Å². The summed E-state index contributed by atoms with van der Waals surface area (Å²) in [7, 11) is 3.25. The fraction of sp³-hybridized carbons (Fsp3) is 0. The van der Waals surface area contributed by atoms with Gasteiger partial charge in [0.15, 0.2) is 0 Å². The summed E-state index contributed by atoms with van der Waals surface area (Å²) >= 11 is 0.194. The summed E-state index contributed by atoms with van der Waals surface area (Å²) in [4.78, 5) is 0. The molecule has 0 atom stereocenters. The topological polar surface area (TPSA) is 34.1 Å². The van der Waals surface area contributed by atoms with Gasteiger partial charge in [0.1, 0.15) is 0 Å². The van der Waals surface area contributed by atoms with Crippen LogP contribution in [0.4, 0.5) is 0 Å². The predicted octanol–water partition coefficient (Wildman–Crippen LogP) is -1.38. The van der Waals surface area contributed by atoms with Gasteiger partial charge in [0, 0.05) is 26.2 Å². The van der Waals surface area contributed by atoms with Crippen LogP contribution in [-0.2, 0) is 7.52 Å². The van der Waals surface area contributed by atoms with E-state index in [4.69, 9.17) is 7.52 Å². The molecule has 0 aromatic heterocycles. The van der Waals surface area contributed by atoms with E-state index in [2.05, 4.69) is 7.72 Å². The molecule has 5 heteroatoms. The van der Waals surface area contributed by atoms with Gasteiger partial charge in [-0.1, -0.05) is 0 Å². The summed E-state index contributed by atoms with van der Waals surface area (Å²) in [6.45, 7) is 0. The molecule has 0 rings (SSSR count). The second-order valence-electron chi connectivity index (χ2n) is 0. The number of hydrogen-bond acceptors (Lipinski definition) is 2. The third kappa shape index (κ3) is 31.2. The second-order valence-corrected chi connectivity index (χ2v) is 0. The van der Waals surface area contributed by atoms with E-state index in [9.17, 15) is 0 Å². The van der Waals surface area contributed by atoms with Crippen LogP contribution in [0.15, 0.2) is 0 Å². The summed E-state index contributed by atoms with van der Waals surface area (Å²) in [5.74, 6) is 0. The summed E-state index contributed by atoms with van der Waals surface area (Å²) in [6.07, 6.45) is 0. The molecule has 0 saturated carbocycles. The summed E-state index contributed by atoms with van der Waals surface area (Å²) in [5, 5.41) is 0. The fourth-order valence-electron chi connectivity index (χ4n) is 0. The van der Waals surface area contributed by atoms with Gasteiger partial charge in [0.2, 0.25) is 0 Å². The zero-order chi connectivity index (χ0) is 4.00. The van der Waals surface area contributed by atoms with Crippen LogP contribution in [0.2, 0.25) is 0 Å². The van der Waals surface area contributed by atoms with Crippen molar-refractivity contribution in [2.75, 3.05) is 0 Å². The number of rotatable bonds is 0. The van der Waals surface area contributed by atoms with E-state index in [1.165, 1.54) is 0 Å². The maximum absolute atomic E-state index is 8.36. The van der Waals surface area contributed by atoms with Crippen molar-refractivity contribution in [3.05, 3.63) is 0 Å². The molecule has 0 aliphatic carbocycles. The second kappa shape index (κ2) is 52.1. The molecule has 5 radical (unpaired) electrons. The van der Waals surface area contributed by atoms with Crippen LogP contribution in [0.25, 0.3) is 0 Å². The Morgan fingerprint density at radius 3 is 1.20 bits per heavy atom. The molecule has 0 aliphatic heterocycles. The average molecular weight is 461 g/mol. The molecule has 2 nitrogen and oxygen atoms in total. The van der Waals surface area contributed by atoms with E-state index in [-0.39, 0.29) is 50.9 Å². The first-order valence-electron chi connectivity index (χ1n) is 0.418. The summed E-state index contributed by atoms with van der Waals surface area (Å²) in [5.41, 5.74) is 0. The van der Waals surface area contributed by atoms with Crippen LogP contribution < -0.4 is 0 Å². The van der Waals surface area contributed by atoms with Gasteiger partial charge in [-0.3, -0.25) is 0 Å². The van der Waals surface area contributed by atoms with Crippen molar-refractivity contribution in [2.45, 2.75) is 0 Å². The van der Waals surface area contributed by atoms with Crippen LogP contribution in [0.3, 0.4) is 0 Å². The van der Waals surface area contributed by atoms with Crippen molar-refractivity contribution >= 4 is 58.6 Å². The molecule has 0 spiro atoms. The Morgan fingerprint density at radius 1 is 1.20 bits per heavy atom. The first-order valence-corrected chi connectivity index (χ1v) is 1.84. The van der Waals surface area contributed by atoms with Crippen molar-refractivity contribution in [1.29, 1.82) is 0 Å². The molecule has 25 valence electrons. The summed E-state index contributed by atoms with van der Waals surface area (Å²) < 4.78 is 16.1. The van der Waals surface area contributed by atoms with E-state index in [1.807, 2.05) is 0 Å². The van der Waals surface area contributed by atoms with E-state index >= 15 is 0 Å². The quantitative estimate of drug-likeness (QED) is 0.418. The summed E-state index contributed by atoms with van der Waals surface area (Å²) in [6, 6.07) is 0. The zero-order valence-electron chi connectivity index (χ0n) is 2.29. The van der Waals surface area contributed by atoms with E-state index in [1.54, 1.807) is 0 Å². The SMILES string of the molecule is [B]=O.[Bi].[O]=[Bi]. The van der Waals surface area contributed by atoms with Crippen LogP contribution in [0.5, 0.6) is 0 Å². The van der Waals surface area contributed by atoms with Gasteiger partial charge in [0.25, 0.3) is 0 Å². The molecule has 0 amide bonds. The van der Waals surface area contributed by atoms with Crippen LogP contribution in [0, 0.1) is 0 Å². The van der Waals surface area contributed by atoms with Gasteiger partial charge in [-0.25, -0.2) is 0 Å². The molecule has 0 aromatic carbocycles. The Morgan fingerprint density at radius 2 is 1.20 bits per heavy atom. The van der Waals surface area contributed by atoms with Gasteiger partial charge in [-0.15, -0.1) is 0 Å². The van der Waals surface area contributed by atoms with Gasteiger partial charge in [-0.05, 0) is 0 Å². The zero-order valence-corrected chi connectivity index (χ0v) is 9.24. The van der Waals surface area contributed by atoms with Crippen molar-refractivity contribution in [3.63, 3.8) is 0 Å². The Kier molecular flexibility index (Phi) is 168. The predicted molar refractivity (Wildman–Crippen MR) is 18.6 cm³/mol. The Hall–Kier alpha value is 1.43. The van der Waals surface area contributed by atoms with E-state index < -0.39 is 0 Å². The van der Waals surface area contributed by atoms with Gasteiger partial charge < -0.3 is 0 Å². The first kappa shape index (κ1) is 16.1. The molecule has 0 aromatic rings. The average Bonchev–Trinajstić information content (AvgIpc) is 1.50. The Bertz CT molecular complexity index is 9.61. The third-order valence-corrected chi connectivity index (χ3v) is 0. The molecule has 0 bridgehead atoms. The molecule has 5 heavy (non-hydrogen) atoms. The van der Waals surface area contributed by atoms with E-state index in [0.29, 0.717) is 0 Å². The molecule has 0 unspecified atom stereocenters. The molecular formula is BBi2O2. The van der Waals surface area contributed by atoms with Crippen molar-refractivity contribution in [1.82, 2.24) is 0 Å². The minimum absolute atomic E-state index is 0. The molecule has 0 saturated heterocycles. The van der Waals surface area contributed by atoms with Gasteiger partial charge in [0.05, 0.1) is 0 Å². The van der Waals surface area contributed by atoms with Crippen molar-refractivity contribution in [2.24, 2.45) is 0 Å². The number of hydrogen-bond donors (Lipinski definition) is 0. The molecule has 0 N–H and O–H groups in total. The molecular weight excluding hydrogens is 461 g/mol. The Balaban J connectivity index is -0.0000000133. The standard InChI is InChI=1S/BO.2Bi.O/c1-2;;;.